The second-order valence-corrected chi connectivity index (χ2v) is 6.44. The first-order valence-electron chi connectivity index (χ1n) is 7.75. The smallest absolute Gasteiger partial charge is 0.267 e. The lowest BCUT2D eigenvalue weighted by Gasteiger charge is -2.32. The highest BCUT2D eigenvalue weighted by atomic mass is 32.1. The van der Waals surface area contributed by atoms with Crippen molar-refractivity contribution in [2.75, 3.05) is 13.2 Å². The molecule has 2 atom stereocenters. The number of nitrogens with one attached hydrogen (secondary N) is 3. The Morgan fingerprint density at radius 3 is 3.12 bits per heavy atom. The van der Waals surface area contributed by atoms with E-state index in [9.17, 15) is 9.59 Å². The molecule has 1 aliphatic heterocycles. The molecule has 1 amide bonds. The van der Waals surface area contributed by atoms with Crippen LogP contribution < -0.4 is 10.9 Å². The van der Waals surface area contributed by atoms with Gasteiger partial charge >= 0.3 is 0 Å². The molecule has 1 saturated heterocycles. The minimum absolute atomic E-state index is 0.0425. The number of hydrogen-bond acceptors (Lipinski definition) is 6. The van der Waals surface area contributed by atoms with Gasteiger partial charge < -0.3 is 19.9 Å². The fourth-order valence-electron chi connectivity index (χ4n) is 2.65. The normalized spacial score (nSPS) is 20.9. The molecule has 3 N–H and O–H groups in total. The maximum atomic E-state index is 12.3. The molecular weight excluding hydrogens is 332 g/mol. The molecular formula is C15H20N4O4S. The number of rotatable bonds is 6. The maximum absolute atomic E-state index is 12.3. The first-order valence-corrected chi connectivity index (χ1v) is 8.69. The van der Waals surface area contributed by atoms with Crippen molar-refractivity contribution in [3.05, 3.63) is 38.2 Å². The standard InChI is InChI=1S/C15H20N4O4S/c1-9-11(15(21)19-18-9)4-14(20)17-12-2-3-22-6-13(12)23-5-10-7-24-8-16-10/h7-8,12-13H,2-6H2,1H3,(H,17,20)(H2,18,19,21)/t12-,13-/m1/s1. The summed E-state index contributed by atoms with van der Waals surface area (Å²) in [5.41, 5.74) is 3.50. The lowest BCUT2D eigenvalue weighted by Crippen LogP contribution is -2.50. The van der Waals surface area contributed by atoms with Gasteiger partial charge in [-0.3, -0.25) is 14.7 Å². The molecule has 0 aromatic carbocycles. The summed E-state index contributed by atoms with van der Waals surface area (Å²) in [5.74, 6) is -0.197. The zero-order chi connectivity index (χ0) is 16.9. The van der Waals surface area contributed by atoms with Gasteiger partial charge in [0.15, 0.2) is 0 Å². The van der Waals surface area contributed by atoms with E-state index in [0.717, 1.165) is 5.69 Å². The topological polar surface area (TPSA) is 109 Å². The van der Waals surface area contributed by atoms with E-state index in [0.29, 0.717) is 37.5 Å². The predicted molar refractivity (Wildman–Crippen MR) is 87.9 cm³/mol. The van der Waals surface area contributed by atoms with Gasteiger partial charge in [-0.1, -0.05) is 0 Å². The van der Waals surface area contributed by atoms with Crippen LogP contribution in [0.25, 0.3) is 0 Å². The summed E-state index contributed by atoms with van der Waals surface area (Å²) >= 11 is 1.51. The van der Waals surface area contributed by atoms with Crippen LogP contribution in [0.5, 0.6) is 0 Å². The third-order valence-electron chi connectivity index (χ3n) is 4.01. The Hall–Kier alpha value is -1.97. The Labute approximate surface area is 142 Å². The van der Waals surface area contributed by atoms with Crippen LogP contribution in [0, 0.1) is 6.92 Å². The van der Waals surface area contributed by atoms with Crippen molar-refractivity contribution in [1.29, 1.82) is 0 Å². The molecule has 2 aromatic rings. The maximum Gasteiger partial charge on any atom is 0.267 e. The molecule has 1 aliphatic rings. The number of thiazole rings is 1. The van der Waals surface area contributed by atoms with E-state index in [-0.39, 0.29) is 30.0 Å². The molecule has 0 unspecified atom stereocenters. The second kappa shape index (κ2) is 7.73. The van der Waals surface area contributed by atoms with Crippen molar-refractivity contribution >= 4 is 17.2 Å². The molecule has 1 fully saturated rings. The minimum Gasteiger partial charge on any atom is -0.379 e. The summed E-state index contributed by atoms with van der Waals surface area (Å²) in [4.78, 5) is 28.1. The quantitative estimate of drug-likeness (QED) is 0.701. The highest BCUT2D eigenvalue weighted by Gasteiger charge is 2.28. The van der Waals surface area contributed by atoms with Gasteiger partial charge in [0.2, 0.25) is 5.91 Å². The molecule has 0 spiro atoms. The van der Waals surface area contributed by atoms with Gasteiger partial charge in [0.25, 0.3) is 5.56 Å². The largest absolute Gasteiger partial charge is 0.379 e. The number of aromatic nitrogens is 3. The lowest BCUT2D eigenvalue weighted by atomic mass is 10.1. The van der Waals surface area contributed by atoms with Crippen LogP contribution >= 0.6 is 11.3 Å². The van der Waals surface area contributed by atoms with Gasteiger partial charge in [-0.2, -0.15) is 0 Å². The molecule has 2 aromatic heterocycles. The number of carbonyl (C=O) groups excluding carboxylic acids is 1. The van der Waals surface area contributed by atoms with Crippen LogP contribution in [0.1, 0.15) is 23.4 Å². The van der Waals surface area contributed by atoms with Crippen LogP contribution in [-0.2, 0) is 27.3 Å². The Kier molecular flexibility index (Phi) is 5.44. The van der Waals surface area contributed by atoms with Crippen molar-refractivity contribution in [2.45, 2.75) is 38.5 Å². The molecule has 130 valence electrons. The SMILES string of the molecule is Cc1[nH][nH]c(=O)c1CC(=O)N[C@@H]1CCOC[C@H]1OCc1cscn1. The van der Waals surface area contributed by atoms with Crippen molar-refractivity contribution in [3.63, 3.8) is 0 Å². The van der Waals surface area contributed by atoms with E-state index in [1.54, 1.807) is 12.4 Å². The third-order valence-corrected chi connectivity index (χ3v) is 4.64. The molecule has 24 heavy (non-hydrogen) atoms. The Morgan fingerprint density at radius 2 is 2.42 bits per heavy atom. The van der Waals surface area contributed by atoms with E-state index in [1.807, 2.05) is 5.38 Å². The van der Waals surface area contributed by atoms with E-state index in [2.05, 4.69) is 20.5 Å². The van der Waals surface area contributed by atoms with Crippen LogP contribution in [0.15, 0.2) is 15.7 Å². The summed E-state index contributed by atoms with van der Waals surface area (Å²) in [5, 5.41) is 10.1. The zero-order valence-electron chi connectivity index (χ0n) is 13.3. The van der Waals surface area contributed by atoms with Gasteiger partial charge in [0.05, 0.1) is 36.9 Å². The molecule has 9 heteroatoms. The summed E-state index contributed by atoms with van der Waals surface area (Å²) in [7, 11) is 0. The number of aryl methyl sites for hydroxylation is 1. The molecule has 0 bridgehead atoms. The Balaban J connectivity index is 1.56. The van der Waals surface area contributed by atoms with E-state index in [1.165, 1.54) is 11.3 Å². The van der Waals surface area contributed by atoms with Gasteiger partial charge in [-0.15, -0.1) is 11.3 Å². The fourth-order valence-corrected chi connectivity index (χ4v) is 3.19. The first-order chi connectivity index (χ1) is 11.6. The van der Waals surface area contributed by atoms with Crippen molar-refractivity contribution in [3.8, 4) is 0 Å². The number of nitrogens with zero attached hydrogens (tertiary/aromatic N) is 1. The number of carbonyl (C=O) groups is 1. The highest BCUT2D eigenvalue weighted by Crippen LogP contribution is 2.14. The van der Waals surface area contributed by atoms with Crippen LogP contribution in [0.2, 0.25) is 0 Å². The van der Waals surface area contributed by atoms with Gasteiger partial charge in [-0.05, 0) is 13.3 Å². The zero-order valence-corrected chi connectivity index (χ0v) is 14.1. The third kappa shape index (κ3) is 4.11. The van der Waals surface area contributed by atoms with Crippen molar-refractivity contribution < 1.29 is 14.3 Å². The van der Waals surface area contributed by atoms with Crippen LogP contribution in [0.3, 0.4) is 0 Å². The number of aromatic amines is 2. The van der Waals surface area contributed by atoms with Gasteiger partial charge in [0.1, 0.15) is 6.10 Å². The summed E-state index contributed by atoms with van der Waals surface area (Å²) in [6, 6.07) is -0.136. The number of ether oxygens (including phenoxy) is 2. The highest BCUT2D eigenvalue weighted by molar-refractivity contribution is 7.07. The average molecular weight is 352 g/mol. The molecule has 0 saturated carbocycles. The van der Waals surface area contributed by atoms with Crippen molar-refractivity contribution in [2.24, 2.45) is 0 Å². The van der Waals surface area contributed by atoms with Crippen LogP contribution in [0.4, 0.5) is 0 Å². The molecule has 3 heterocycles. The monoisotopic (exact) mass is 352 g/mol. The molecule has 0 radical (unpaired) electrons. The molecule has 0 aliphatic carbocycles. The summed E-state index contributed by atoms with van der Waals surface area (Å²) in [6.45, 7) is 3.15. The Morgan fingerprint density at radius 1 is 1.54 bits per heavy atom. The number of H-pyrrole nitrogens is 2. The van der Waals surface area contributed by atoms with Crippen molar-refractivity contribution in [1.82, 2.24) is 20.5 Å². The summed E-state index contributed by atoms with van der Waals surface area (Å²) in [6.07, 6.45) is 0.492. The van der Waals surface area contributed by atoms with Gasteiger partial charge in [-0.25, -0.2) is 4.98 Å². The average Bonchev–Trinajstić information content (AvgIpc) is 3.19. The molecule has 8 nitrogen and oxygen atoms in total. The predicted octanol–water partition coefficient (Wildman–Crippen LogP) is 0.501. The first kappa shape index (κ1) is 16.9. The molecule has 3 rings (SSSR count). The van der Waals surface area contributed by atoms with E-state index >= 15 is 0 Å². The lowest BCUT2D eigenvalue weighted by molar-refractivity contribution is -0.126. The van der Waals surface area contributed by atoms with Crippen LogP contribution in [-0.4, -0.2) is 46.4 Å². The number of hydrogen-bond donors (Lipinski definition) is 3. The summed E-state index contributed by atoms with van der Waals surface area (Å²) < 4.78 is 11.3. The van der Waals surface area contributed by atoms with E-state index in [4.69, 9.17) is 9.47 Å². The van der Waals surface area contributed by atoms with Gasteiger partial charge in [0, 0.05) is 23.2 Å². The number of amides is 1. The van der Waals surface area contributed by atoms with E-state index < -0.39 is 0 Å². The minimum atomic E-state index is -0.258. The fraction of sp³-hybridized carbons (Fsp3) is 0.533. The second-order valence-electron chi connectivity index (χ2n) is 5.73. The Bertz CT molecular complexity index is 724.